The van der Waals surface area contributed by atoms with Gasteiger partial charge in [-0.2, -0.15) is 0 Å². The Labute approximate surface area is 114 Å². The van der Waals surface area contributed by atoms with Gasteiger partial charge in [0.15, 0.2) is 11.5 Å². The van der Waals surface area contributed by atoms with Crippen LogP contribution >= 0.6 is 15.9 Å². The van der Waals surface area contributed by atoms with Crippen LogP contribution in [0.15, 0.2) is 16.6 Å². The van der Waals surface area contributed by atoms with E-state index in [-0.39, 0.29) is 6.42 Å². The summed E-state index contributed by atoms with van der Waals surface area (Å²) in [5.74, 6) is 0.907. The Balaban J connectivity index is 2.31. The van der Waals surface area contributed by atoms with E-state index in [0.29, 0.717) is 24.7 Å². The van der Waals surface area contributed by atoms with E-state index in [1.165, 1.54) is 0 Å². The maximum atomic E-state index is 10.9. The fourth-order valence-corrected chi connectivity index (χ4v) is 2.37. The Kier molecular flexibility index (Phi) is 4.08. The quantitative estimate of drug-likeness (QED) is 0.884. The van der Waals surface area contributed by atoms with E-state index in [2.05, 4.69) is 15.9 Å². The number of rotatable bonds is 3. The second-order valence-electron chi connectivity index (χ2n) is 4.16. The third-order valence-electron chi connectivity index (χ3n) is 2.67. The van der Waals surface area contributed by atoms with Crippen LogP contribution in [0.3, 0.4) is 0 Å². The van der Waals surface area contributed by atoms with Crippen LogP contribution in [0.25, 0.3) is 0 Å². The molecule has 1 heterocycles. The van der Waals surface area contributed by atoms with E-state index in [9.17, 15) is 4.79 Å². The van der Waals surface area contributed by atoms with Gasteiger partial charge in [-0.3, -0.25) is 4.79 Å². The minimum absolute atomic E-state index is 0.103. The molecule has 2 rings (SSSR count). The van der Waals surface area contributed by atoms with Crippen molar-refractivity contribution in [1.82, 2.24) is 0 Å². The van der Waals surface area contributed by atoms with Gasteiger partial charge in [0.2, 0.25) is 5.91 Å². The number of hydrogen-bond acceptors (Lipinski definition) is 4. The van der Waals surface area contributed by atoms with Crippen molar-refractivity contribution in [2.45, 2.75) is 18.9 Å². The Morgan fingerprint density at radius 2 is 2.11 bits per heavy atom. The molecule has 1 aliphatic rings. The van der Waals surface area contributed by atoms with E-state index < -0.39 is 11.9 Å². The molecule has 98 valence electrons. The molecule has 18 heavy (non-hydrogen) atoms. The maximum Gasteiger partial charge on any atom is 0.219 e. The Morgan fingerprint density at radius 1 is 1.39 bits per heavy atom. The second kappa shape index (κ2) is 5.58. The van der Waals surface area contributed by atoms with Gasteiger partial charge in [0, 0.05) is 18.9 Å². The third kappa shape index (κ3) is 2.94. The van der Waals surface area contributed by atoms with Crippen LogP contribution in [0.4, 0.5) is 0 Å². The summed E-state index contributed by atoms with van der Waals surface area (Å²) in [6, 6.07) is 3.20. The van der Waals surface area contributed by atoms with E-state index in [0.717, 1.165) is 16.5 Å². The predicted octanol–water partition coefficient (Wildman–Crippen LogP) is 1.49. The van der Waals surface area contributed by atoms with Gasteiger partial charge >= 0.3 is 0 Å². The van der Waals surface area contributed by atoms with Crippen molar-refractivity contribution in [3.63, 3.8) is 0 Å². The summed E-state index contributed by atoms with van der Waals surface area (Å²) in [5.41, 5.74) is 11.9. The van der Waals surface area contributed by atoms with Gasteiger partial charge in [-0.15, -0.1) is 0 Å². The third-order valence-corrected chi connectivity index (χ3v) is 3.26. The van der Waals surface area contributed by atoms with E-state index >= 15 is 0 Å². The molecule has 0 bridgehead atoms. The Hall–Kier alpha value is -1.27. The first-order valence-electron chi connectivity index (χ1n) is 5.71. The molecule has 0 unspecified atom stereocenters. The van der Waals surface area contributed by atoms with Crippen LogP contribution in [0.1, 0.15) is 24.4 Å². The highest BCUT2D eigenvalue weighted by Crippen LogP contribution is 2.39. The van der Waals surface area contributed by atoms with Gasteiger partial charge in [0.25, 0.3) is 0 Å². The molecule has 0 spiro atoms. The number of amides is 1. The molecular formula is C12H15BrN2O3. The maximum absolute atomic E-state index is 10.9. The highest BCUT2D eigenvalue weighted by molar-refractivity contribution is 9.10. The minimum Gasteiger partial charge on any atom is -0.490 e. The summed E-state index contributed by atoms with van der Waals surface area (Å²) in [5, 5.41) is 0. The number of benzene rings is 1. The molecule has 1 atom stereocenters. The van der Waals surface area contributed by atoms with Crippen LogP contribution in [0.5, 0.6) is 11.5 Å². The SMILES string of the molecule is NC(=O)C[C@H](N)c1cc(Br)c2c(c1)OCCCO2. The van der Waals surface area contributed by atoms with E-state index in [1.807, 2.05) is 6.07 Å². The summed E-state index contributed by atoms with van der Waals surface area (Å²) >= 11 is 3.43. The van der Waals surface area contributed by atoms with Gasteiger partial charge < -0.3 is 20.9 Å². The summed E-state index contributed by atoms with van der Waals surface area (Å²) in [6.07, 6.45) is 0.940. The van der Waals surface area contributed by atoms with Crippen molar-refractivity contribution in [2.24, 2.45) is 11.5 Å². The molecule has 4 N–H and O–H groups in total. The van der Waals surface area contributed by atoms with Crippen LogP contribution < -0.4 is 20.9 Å². The molecule has 0 fully saturated rings. The van der Waals surface area contributed by atoms with E-state index in [4.69, 9.17) is 20.9 Å². The molecule has 1 aromatic rings. The predicted molar refractivity (Wildman–Crippen MR) is 70.5 cm³/mol. The highest BCUT2D eigenvalue weighted by atomic mass is 79.9. The van der Waals surface area contributed by atoms with Crippen molar-refractivity contribution in [3.8, 4) is 11.5 Å². The lowest BCUT2D eigenvalue weighted by Gasteiger charge is -2.15. The molecular weight excluding hydrogens is 300 g/mol. The smallest absolute Gasteiger partial charge is 0.219 e. The lowest BCUT2D eigenvalue weighted by molar-refractivity contribution is -0.118. The van der Waals surface area contributed by atoms with Gasteiger partial charge in [0.05, 0.1) is 17.7 Å². The molecule has 0 aromatic heterocycles. The number of nitrogens with two attached hydrogens (primary N) is 2. The second-order valence-corrected chi connectivity index (χ2v) is 5.01. The number of fused-ring (bicyclic) bond motifs is 1. The molecule has 6 heteroatoms. The van der Waals surface area contributed by atoms with Crippen molar-refractivity contribution < 1.29 is 14.3 Å². The van der Waals surface area contributed by atoms with Crippen LogP contribution in [-0.2, 0) is 4.79 Å². The van der Waals surface area contributed by atoms with Gasteiger partial charge in [-0.1, -0.05) is 0 Å². The van der Waals surface area contributed by atoms with Crippen LogP contribution in [0, 0.1) is 0 Å². The zero-order valence-electron chi connectivity index (χ0n) is 9.82. The summed E-state index contributed by atoms with van der Waals surface area (Å²) in [4.78, 5) is 10.9. The fraction of sp³-hybridized carbons (Fsp3) is 0.417. The zero-order valence-corrected chi connectivity index (χ0v) is 11.4. The topological polar surface area (TPSA) is 87.6 Å². The Morgan fingerprint density at radius 3 is 2.83 bits per heavy atom. The van der Waals surface area contributed by atoms with Crippen molar-refractivity contribution in [3.05, 3.63) is 22.2 Å². The molecule has 0 radical (unpaired) electrons. The molecule has 1 aromatic carbocycles. The molecule has 0 saturated carbocycles. The van der Waals surface area contributed by atoms with Gasteiger partial charge in [-0.05, 0) is 33.6 Å². The molecule has 1 aliphatic heterocycles. The largest absolute Gasteiger partial charge is 0.490 e. The molecule has 0 saturated heterocycles. The summed E-state index contributed by atoms with van der Waals surface area (Å²) in [7, 11) is 0. The summed E-state index contributed by atoms with van der Waals surface area (Å²) < 4.78 is 12.0. The average Bonchev–Trinajstić information content (AvgIpc) is 2.53. The zero-order chi connectivity index (χ0) is 13.1. The van der Waals surface area contributed by atoms with Crippen molar-refractivity contribution in [2.75, 3.05) is 13.2 Å². The molecule has 1 amide bonds. The number of halogens is 1. The number of hydrogen-bond donors (Lipinski definition) is 2. The standard InChI is InChI=1S/C12H15BrN2O3/c13-8-4-7(9(14)6-11(15)16)5-10-12(8)18-3-1-2-17-10/h4-5,9H,1-3,6,14H2,(H2,15,16)/t9-/m0/s1. The number of carbonyl (C=O) groups is 1. The van der Waals surface area contributed by atoms with Gasteiger partial charge in [-0.25, -0.2) is 0 Å². The first-order valence-corrected chi connectivity index (χ1v) is 6.50. The minimum atomic E-state index is -0.434. The molecule has 5 nitrogen and oxygen atoms in total. The lowest BCUT2D eigenvalue weighted by Crippen LogP contribution is -2.20. The monoisotopic (exact) mass is 314 g/mol. The fourth-order valence-electron chi connectivity index (χ4n) is 1.80. The molecule has 0 aliphatic carbocycles. The number of primary amides is 1. The normalized spacial score (nSPS) is 15.9. The number of ether oxygens (including phenoxy) is 2. The van der Waals surface area contributed by atoms with Crippen molar-refractivity contribution >= 4 is 21.8 Å². The van der Waals surface area contributed by atoms with E-state index in [1.54, 1.807) is 6.07 Å². The van der Waals surface area contributed by atoms with Gasteiger partial charge in [0.1, 0.15) is 0 Å². The lowest BCUT2D eigenvalue weighted by atomic mass is 10.0. The summed E-state index contributed by atoms with van der Waals surface area (Å²) in [6.45, 7) is 1.23. The van der Waals surface area contributed by atoms with Crippen molar-refractivity contribution in [1.29, 1.82) is 0 Å². The Bertz CT molecular complexity index is 465. The van der Waals surface area contributed by atoms with Crippen LogP contribution in [-0.4, -0.2) is 19.1 Å². The first-order chi connectivity index (χ1) is 8.58. The average molecular weight is 315 g/mol. The number of carbonyl (C=O) groups excluding carboxylic acids is 1. The highest BCUT2D eigenvalue weighted by Gasteiger charge is 2.18. The first kappa shape index (κ1) is 13.2. The van der Waals surface area contributed by atoms with Crippen LogP contribution in [0.2, 0.25) is 0 Å².